The third kappa shape index (κ3) is 5.48. The molecule has 10 heteroatoms. The van der Waals surface area contributed by atoms with E-state index in [0.717, 1.165) is 66.0 Å². The minimum atomic E-state index is -0.355. The highest BCUT2D eigenvalue weighted by molar-refractivity contribution is 7.14. The van der Waals surface area contributed by atoms with Crippen molar-refractivity contribution in [3.05, 3.63) is 70.8 Å². The second-order valence-electron chi connectivity index (χ2n) is 10.9. The van der Waals surface area contributed by atoms with Crippen molar-refractivity contribution >= 4 is 28.2 Å². The maximum Gasteiger partial charge on any atom is 0.236 e. The Balaban J connectivity index is 1.11. The number of rotatable bonds is 7. The van der Waals surface area contributed by atoms with Crippen LogP contribution in [0.4, 0.5) is 9.52 Å². The van der Waals surface area contributed by atoms with Gasteiger partial charge in [0.25, 0.3) is 0 Å². The van der Waals surface area contributed by atoms with Crippen LogP contribution in [0.1, 0.15) is 26.2 Å². The smallest absolute Gasteiger partial charge is 0.236 e. The number of benzene rings is 1. The second-order valence-corrected chi connectivity index (χ2v) is 11.7. The zero-order chi connectivity index (χ0) is 27.8. The Morgan fingerprint density at radius 1 is 1.18 bits per heavy atom. The molecule has 4 aliphatic heterocycles. The Kier molecular flexibility index (Phi) is 7.57. The van der Waals surface area contributed by atoms with Crippen LogP contribution in [0.25, 0.3) is 11.3 Å². The Bertz CT molecular complexity index is 1380. The van der Waals surface area contributed by atoms with Crippen LogP contribution in [-0.4, -0.2) is 89.0 Å². The van der Waals surface area contributed by atoms with Crippen LogP contribution in [0.15, 0.2) is 70.0 Å². The number of aromatic nitrogens is 1. The number of aliphatic hydroxyl groups excluding tert-OH is 1. The van der Waals surface area contributed by atoms with Crippen molar-refractivity contribution in [3.8, 4) is 11.3 Å². The standard InChI is InChI=1S/C30H35FN6O2S/c1-3-25-27(34(2)30-33-26(19-40-30)21-4-7-23(31)8-5-21)17-36-14-22(6-9-28(36)32-25)20-10-12-35(13-11-20)18-29(39)37-15-24(38)16-37/h4-9,14,19-20,24,38H,3,10-13,15-18H2,1-2H3. The molecule has 2 saturated heterocycles. The summed E-state index contributed by atoms with van der Waals surface area (Å²) in [7, 11) is 2.04. The fourth-order valence-electron chi connectivity index (χ4n) is 5.73. The van der Waals surface area contributed by atoms with Crippen LogP contribution in [0.3, 0.4) is 0 Å². The summed E-state index contributed by atoms with van der Waals surface area (Å²) in [6.07, 6.45) is 9.08. The predicted molar refractivity (Wildman–Crippen MR) is 156 cm³/mol. The quantitative estimate of drug-likeness (QED) is 0.548. The zero-order valence-corrected chi connectivity index (χ0v) is 23.8. The first-order valence-corrected chi connectivity index (χ1v) is 14.9. The first-order valence-electron chi connectivity index (χ1n) is 14.0. The van der Waals surface area contributed by atoms with Crippen molar-refractivity contribution in [2.45, 2.75) is 32.3 Å². The summed E-state index contributed by atoms with van der Waals surface area (Å²) >= 11 is 1.57. The molecule has 1 N–H and O–H groups in total. The highest BCUT2D eigenvalue weighted by Crippen LogP contribution is 2.34. The Morgan fingerprint density at radius 2 is 1.93 bits per heavy atom. The van der Waals surface area contributed by atoms with Crippen LogP contribution in [-0.2, 0) is 4.79 Å². The van der Waals surface area contributed by atoms with Crippen molar-refractivity contribution in [3.63, 3.8) is 0 Å². The maximum absolute atomic E-state index is 13.4. The maximum atomic E-state index is 13.4. The topological polar surface area (TPSA) is 75.5 Å². The van der Waals surface area contributed by atoms with Crippen LogP contribution in [0, 0.1) is 11.7 Å². The van der Waals surface area contributed by atoms with Crippen LogP contribution in [0.5, 0.6) is 0 Å². The van der Waals surface area contributed by atoms with E-state index >= 15 is 0 Å². The predicted octanol–water partition coefficient (Wildman–Crippen LogP) is 4.09. The Labute approximate surface area is 238 Å². The largest absolute Gasteiger partial charge is 0.389 e. The van der Waals surface area contributed by atoms with Gasteiger partial charge >= 0.3 is 0 Å². The molecule has 2 aromatic rings. The van der Waals surface area contributed by atoms with Gasteiger partial charge in [-0.25, -0.2) is 14.4 Å². The van der Waals surface area contributed by atoms with Gasteiger partial charge in [0.05, 0.1) is 36.3 Å². The van der Waals surface area contributed by atoms with Crippen LogP contribution in [0.2, 0.25) is 0 Å². The lowest BCUT2D eigenvalue weighted by Gasteiger charge is -2.39. The molecule has 2 fully saturated rings. The van der Waals surface area contributed by atoms with E-state index in [2.05, 4.69) is 40.0 Å². The minimum absolute atomic E-state index is 0.120. The van der Waals surface area contributed by atoms with E-state index in [1.54, 1.807) is 28.4 Å². The SMILES string of the molecule is CCC1=C(N(C)c2nc(-c3ccc(F)cc3)cs2)CN2C=C(C3CCN(CC(=O)N4CC(O)C4)CC3)C=CC2=N1. The molecule has 0 bridgehead atoms. The summed E-state index contributed by atoms with van der Waals surface area (Å²) < 4.78 is 13.4. The molecular formula is C30H35FN6O2S. The first kappa shape index (κ1) is 26.9. The first-order chi connectivity index (χ1) is 19.4. The number of aliphatic imine (C=N–C) groups is 1. The van der Waals surface area contributed by atoms with Crippen molar-refractivity contribution in [1.82, 2.24) is 19.7 Å². The summed E-state index contributed by atoms with van der Waals surface area (Å²) in [5.74, 6) is 1.28. The number of hydrogen-bond acceptors (Lipinski definition) is 8. The van der Waals surface area contributed by atoms with E-state index in [1.807, 2.05) is 12.4 Å². The number of hydrogen-bond donors (Lipinski definition) is 1. The number of carbonyl (C=O) groups is 1. The molecule has 0 unspecified atom stereocenters. The fraction of sp³-hybridized carbons (Fsp3) is 0.433. The third-order valence-electron chi connectivity index (χ3n) is 8.22. The summed E-state index contributed by atoms with van der Waals surface area (Å²) in [6, 6.07) is 6.44. The van der Waals surface area contributed by atoms with Gasteiger partial charge in [-0.2, -0.15) is 0 Å². The number of nitrogens with zero attached hydrogens (tertiary/aromatic N) is 6. The highest BCUT2D eigenvalue weighted by Gasteiger charge is 2.32. The van der Waals surface area contributed by atoms with E-state index in [1.165, 1.54) is 17.7 Å². The van der Waals surface area contributed by atoms with E-state index in [9.17, 15) is 14.3 Å². The number of likely N-dealkylation sites (N-methyl/N-ethyl adjacent to an activating group) is 1. The van der Waals surface area contributed by atoms with Gasteiger partial charge in [0.15, 0.2) is 5.13 Å². The lowest BCUT2D eigenvalue weighted by molar-refractivity contribution is -0.142. The lowest BCUT2D eigenvalue weighted by atomic mass is 9.88. The number of aliphatic hydroxyl groups is 1. The zero-order valence-electron chi connectivity index (χ0n) is 23.0. The molecule has 1 aromatic carbocycles. The summed E-state index contributed by atoms with van der Waals surface area (Å²) in [5.41, 5.74) is 5.23. The van der Waals surface area contributed by atoms with Gasteiger partial charge in [0, 0.05) is 37.3 Å². The van der Waals surface area contributed by atoms with Crippen molar-refractivity contribution in [1.29, 1.82) is 0 Å². The molecular weight excluding hydrogens is 527 g/mol. The Morgan fingerprint density at radius 3 is 2.62 bits per heavy atom. The van der Waals surface area contributed by atoms with Gasteiger partial charge in [0.1, 0.15) is 11.7 Å². The van der Waals surface area contributed by atoms with E-state index in [-0.39, 0.29) is 17.8 Å². The van der Waals surface area contributed by atoms with E-state index < -0.39 is 0 Å². The molecule has 0 aliphatic carbocycles. The summed E-state index contributed by atoms with van der Waals surface area (Å²) in [5, 5.41) is 12.4. The molecule has 6 rings (SSSR count). The number of amidine groups is 1. The Hall–Kier alpha value is -3.34. The number of β-amino-alcohol motifs (C(OH)–C–C–N with tert-alkyl or cyclic N) is 1. The molecule has 0 saturated carbocycles. The van der Waals surface area contributed by atoms with Gasteiger partial charge in [0.2, 0.25) is 5.91 Å². The monoisotopic (exact) mass is 562 g/mol. The molecule has 0 spiro atoms. The third-order valence-corrected chi connectivity index (χ3v) is 9.14. The van der Waals surface area contributed by atoms with Gasteiger partial charge in [-0.1, -0.05) is 13.0 Å². The van der Waals surface area contributed by atoms with Crippen LogP contribution >= 0.6 is 11.3 Å². The molecule has 1 amide bonds. The molecule has 40 heavy (non-hydrogen) atoms. The van der Waals surface area contributed by atoms with E-state index in [0.29, 0.717) is 32.1 Å². The number of amides is 1. The van der Waals surface area contributed by atoms with Crippen LogP contribution < -0.4 is 4.90 Å². The number of likely N-dealkylation sites (tertiary alicyclic amines) is 2. The highest BCUT2D eigenvalue weighted by atomic mass is 32.1. The van der Waals surface area contributed by atoms with Gasteiger partial charge in [-0.15, -0.1) is 11.3 Å². The number of piperidine rings is 1. The molecule has 5 heterocycles. The number of carbonyl (C=O) groups excluding carboxylic acids is 1. The molecule has 1 aromatic heterocycles. The molecule has 0 atom stereocenters. The molecule has 0 radical (unpaired) electrons. The molecule has 4 aliphatic rings. The fourth-order valence-corrected chi connectivity index (χ4v) is 6.55. The van der Waals surface area contributed by atoms with E-state index in [4.69, 9.17) is 9.98 Å². The summed E-state index contributed by atoms with van der Waals surface area (Å²) in [4.78, 5) is 30.6. The lowest BCUT2D eigenvalue weighted by Crippen LogP contribution is -2.56. The second kappa shape index (κ2) is 11.3. The van der Waals surface area contributed by atoms with Crippen molar-refractivity contribution < 1.29 is 14.3 Å². The minimum Gasteiger partial charge on any atom is -0.389 e. The average Bonchev–Trinajstić information content (AvgIpc) is 3.45. The molecule has 210 valence electrons. The normalized spacial score (nSPS) is 20.3. The van der Waals surface area contributed by atoms with Crippen molar-refractivity contribution in [2.75, 3.05) is 51.2 Å². The number of thiazole rings is 1. The number of anilines is 1. The van der Waals surface area contributed by atoms with Gasteiger partial charge in [-0.05, 0) is 74.2 Å². The average molecular weight is 563 g/mol. The van der Waals surface area contributed by atoms with Gasteiger partial charge in [-0.3, -0.25) is 9.69 Å². The number of allylic oxidation sites excluding steroid dienone is 3. The number of halogens is 1. The summed E-state index contributed by atoms with van der Waals surface area (Å²) in [6.45, 7) is 6.02. The number of fused-ring (bicyclic) bond motifs is 1. The van der Waals surface area contributed by atoms with Crippen molar-refractivity contribution in [2.24, 2.45) is 10.9 Å². The van der Waals surface area contributed by atoms with Gasteiger partial charge < -0.3 is 19.8 Å². The molecule has 8 nitrogen and oxygen atoms in total.